The summed E-state index contributed by atoms with van der Waals surface area (Å²) in [6, 6.07) is 0. The van der Waals surface area contributed by atoms with E-state index in [4.69, 9.17) is 0 Å². The Morgan fingerprint density at radius 3 is 2.46 bits per heavy atom. The van der Waals surface area contributed by atoms with Gasteiger partial charge in [0, 0.05) is 0 Å². The van der Waals surface area contributed by atoms with E-state index >= 15 is 0 Å². The molecule has 0 heterocycles. The standard InChI is InChI=1S/C13H26/c1-4-12-6-5-7-13(10-12)9-8-11(2)3/h11-13H,4-10H2,1-3H3. The molecule has 0 bridgehead atoms. The highest BCUT2D eigenvalue weighted by Crippen LogP contribution is 2.34. The third-order valence-corrected chi connectivity index (χ3v) is 3.62. The van der Waals surface area contributed by atoms with Crippen LogP contribution in [0.15, 0.2) is 0 Å². The lowest BCUT2D eigenvalue weighted by molar-refractivity contribution is 0.239. The lowest BCUT2D eigenvalue weighted by atomic mass is 9.77. The quantitative estimate of drug-likeness (QED) is 0.594. The molecule has 1 rings (SSSR count). The van der Waals surface area contributed by atoms with Crippen LogP contribution in [-0.4, -0.2) is 0 Å². The Kier molecular flexibility index (Phi) is 4.83. The average molecular weight is 182 g/mol. The molecule has 0 spiro atoms. The first kappa shape index (κ1) is 11.1. The van der Waals surface area contributed by atoms with E-state index in [9.17, 15) is 0 Å². The lowest BCUT2D eigenvalue weighted by Crippen LogP contribution is -2.15. The van der Waals surface area contributed by atoms with Gasteiger partial charge in [-0.3, -0.25) is 0 Å². The third-order valence-electron chi connectivity index (χ3n) is 3.62. The van der Waals surface area contributed by atoms with Crippen molar-refractivity contribution in [3.05, 3.63) is 0 Å². The minimum Gasteiger partial charge on any atom is -0.0651 e. The molecule has 0 saturated heterocycles. The molecule has 78 valence electrons. The molecule has 0 N–H and O–H groups in total. The van der Waals surface area contributed by atoms with Crippen molar-refractivity contribution < 1.29 is 0 Å². The highest BCUT2D eigenvalue weighted by molar-refractivity contribution is 4.72. The zero-order valence-electron chi connectivity index (χ0n) is 9.68. The van der Waals surface area contributed by atoms with E-state index in [-0.39, 0.29) is 0 Å². The summed E-state index contributed by atoms with van der Waals surface area (Å²) in [7, 11) is 0. The van der Waals surface area contributed by atoms with Crippen LogP contribution < -0.4 is 0 Å². The molecule has 0 aromatic heterocycles. The first-order valence-corrected chi connectivity index (χ1v) is 6.22. The van der Waals surface area contributed by atoms with Gasteiger partial charge in [-0.1, -0.05) is 59.3 Å². The summed E-state index contributed by atoms with van der Waals surface area (Å²) < 4.78 is 0. The van der Waals surface area contributed by atoms with E-state index < -0.39 is 0 Å². The molecular weight excluding hydrogens is 156 g/mol. The normalized spacial score (nSPS) is 29.5. The van der Waals surface area contributed by atoms with Crippen molar-refractivity contribution in [3.8, 4) is 0 Å². The second kappa shape index (κ2) is 5.67. The fourth-order valence-corrected chi connectivity index (χ4v) is 2.60. The minimum atomic E-state index is 0.905. The molecule has 0 aliphatic heterocycles. The largest absolute Gasteiger partial charge is 0.0651 e. The summed E-state index contributed by atoms with van der Waals surface area (Å²) in [6.07, 6.45) is 10.4. The van der Waals surface area contributed by atoms with E-state index in [1.165, 1.54) is 44.9 Å². The van der Waals surface area contributed by atoms with Crippen molar-refractivity contribution in [3.63, 3.8) is 0 Å². The maximum absolute atomic E-state index is 2.36. The molecule has 13 heavy (non-hydrogen) atoms. The summed E-state index contributed by atoms with van der Waals surface area (Å²) in [5, 5.41) is 0. The molecule has 1 aliphatic carbocycles. The predicted octanol–water partition coefficient (Wildman–Crippen LogP) is 4.64. The summed E-state index contributed by atoms with van der Waals surface area (Å²) >= 11 is 0. The van der Waals surface area contributed by atoms with Crippen molar-refractivity contribution in [2.24, 2.45) is 17.8 Å². The Labute approximate surface area is 84.1 Å². The van der Waals surface area contributed by atoms with Crippen LogP contribution in [-0.2, 0) is 0 Å². The Balaban J connectivity index is 2.18. The van der Waals surface area contributed by atoms with E-state index in [2.05, 4.69) is 20.8 Å². The van der Waals surface area contributed by atoms with Crippen LogP contribution in [0.4, 0.5) is 0 Å². The SMILES string of the molecule is CCC1CCCC(CCC(C)C)C1. The molecule has 1 aliphatic rings. The van der Waals surface area contributed by atoms with Gasteiger partial charge in [0.1, 0.15) is 0 Å². The van der Waals surface area contributed by atoms with Crippen molar-refractivity contribution in [2.45, 2.75) is 65.7 Å². The van der Waals surface area contributed by atoms with Crippen LogP contribution in [0.3, 0.4) is 0 Å². The van der Waals surface area contributed by atoms with Crippen molar-refractivity contribution in [2.75, 3.05) is 0 Å². The maximum atomic E-state index is 2.36. The van der Waals surface area contributed by atoms with Gasteiger partial charge in [-0.2, -0.15) is 0 Å². The van der Waals surface area contributed by atoms with Gasteiger partial charge in [-0.25, -0.2) is 0 Å². The summed E-state index contributed by atoms with van der Waals surface area (Å²) in [5.74, 6) is 3.04. The van der Waals surface area contributed by atoms with Crippen LogP contribution in [0.25, 0.3) is 0 Å². The molecule has 0 aromatic carbocycles. The van der Waals surface area contributed by atoms with E-state index in [1.807, 2.05) is 0 Å². The Hall–Kier alpha value is 0. The van der Waals surface area contributed by atoms with Crippen LogP contribution in [0.2, 0.25) is 0 Å². The van der Waals surface area contributed by atoms with Crippen LogP contribution >= 0.6 is 0 Å². The molecule has 0 nitrogen and oxygen atoms in total. The summed E-state index contributed by atoms with van der Waals surface area (Å²) in [6.45, 7) is 7.05. The Morgan fingerprint density at radius 1 is 1.15 bits per heavy atom. The van der Waals surface area contributed by atoms with E-state index in [0.29, 0.717) is 0 Å². The molecule has 1 fully saturated rings. The fourth-order valence-electron chi connectivity index (χ4n) is 2.60. The summed E-state index contributed by atoms with van der Waals surface area (Å²) in [4.78, 5) is 0. The molecule has 2 atom stereocenters. The van der Waals surface area contributed by atoms with Crippen LogP contribution in [0.1, 0.15) is 65.7 Å². The first-order chi connectivity index (χ1) is 6.22. The number of rotatable bonds is 4. The molecular formula is C13H26. The van der Waals surface area contributed by atoms with Gasteiger partial charge in [0.15, 0.2) is 0 Å². The number of hydrogen-bond donors (Lipinski definition) is 0. The van der Waals surface area contributed by atoms with Crippen LogP contribution in [0, 0.1) is 17.8 Å². The predicted molar refractivity (Wildman–Crippen MR) is 59.8 cm³/mol. The molecule has 2 unspecified atom stereocenters. The average Bonchev–Trinajstić information content (AvgIpc) is 2.15. The van der Waals surface area contributed by atoms with Crippen molar-refractivity contribution in [1.82, 2.24) is 0 Å². The second-order valence-electron chi connectivity index (χ2n) is 5.28. The van der Waals surface area contributed by atoms with Crippen molar-refractivity contribution >= 4 is 0 Å². The molecule has 0 amide bonds. The molecule has 0 heteroatoms. The molecule has 0 radical (unpaired) electrons. The summed E-state index contributed by atoms with van der Waals surface area (Å²) in [5.41, 5.74) is 0. The van der Waals surface area contributed by atoms with Gasteiger partial charge >= 0.3 is 0 Å². The highest BCUT2D eigenvalue weighted by atomic mass is 14.3. The smallest absolute Gasteiger partial charge is 0.0412 e. The lowest BCUT2D eigenvalue weighted by Gasteiger charge is -2.28. The Bertz CT molecular complexity index is 126. The highest BCUT2D eigenvalue weighted by Gasteiger charge is 2.20. The fraction of sp³-hybridized carbons (Fsp3) is 1.00. The second-order valence-corrected chi connectivity index (χ2v) is 5.28. The Morgan fingerprint density at radius 2 is 1.85 bits per heavy atom. The van der Waals surface area contributed by atoms with Crippen molar-refractivity contribution in [1.29, 1.82) is 0 Å². The molecule has 1 saturated carbocycles. The minimum absolute atomic E-state index is 0.905. The van der Waals surface area contributed by atoms with Crippen LogP contribution in [0.5, 0.6) is 0 Å². The van der Waals surface area contributed by atoms with Gasteiger partial charge in [0.25, 0.3) is 0 Å². The molecule has 0 aromatic rings. The third kappa shape index (κ3) is 4.15. The zero-order chi connectivity index (χ0) is 9.68. The van der Waals surface area contributed by atoms with Gasteiger partial charge in [0.2, 0.25) is 0 Å². The topological polar surface area (TPSA) is 0 Å². The zero-order valence-corrected chi connectivity index (χ0v) is 9.68. The van der Waals surface area contributed by atoms with E-state index in [0.717, 1.165) is 17.8 Å². The van der Waals surface area contributed by atoms with E-state index in [1.54, 1.807) is 0 Å². The maximum Gasteiger partial charge on any atom is -0.0412 e. The van der Waals surface area contributed by atoms with Gasteiger partial charge in [-0.15, -0.1) is 0 Å². The van der Waals surface area contributed by atoms with Gasteiger partial charge < -0.3 is 0 Å². The first-order valence-electron chi connectivity index (χ1n) is 6.22. The van der Waals surface area contributed by atoms with Gasteiger partial charge in [-0.05, 0) is 24.2 Å². The number of hydrogen-bond acceptors (Lipinski definition) is 0. The van der Waals surface area contributed by atoms with Gasteiger partial charge in [0.05, 0.1) is 0 Å². The monoisotopic (exact) mass is 182 g/mol.